The van der Waals surface area contributed by atoms with Gasteiger partial charge in [-0.3, -0.25) is 18.7 Å². The largest absolute Gasteiger partial charge is 0.457 e. The number of fused-ring (bicyclic) bond motifs is 2. The topological polar surface area (TPSA) is 263 Å². The van der Waals surface area contributed by atoms with E-state index < -0.39 is 80.4 Å². The summed E-state index contributed by atoms with van der Waals surface area (Å²) in [6, 6.07) is 17.1. The molecule has 3 aromatic carbocycles. The van der Waals surface area contributed by atoms with E-state index in [9.17, 15) is 57.2 Å². The Morgan fingerprint density at radius 2 is 1.28 bits per heavy atom. The summed E-state index contributed by atoms with van der Waals surface area (Å²) in [5, 5.41) is 0.516. The minimum absolute atomic E-state index is 0.0206. The number of carbonyl (C=O) groups is 3. The van der Waals surface area contributed by atoms with E-state index in [0.29, 0.717) is 61.8 Å². The first-order valence-corrected chi connectivity index (χ1v) is 32.1. The molecule has 24 heteroatoms. The maximum Gasteiger partial charge on any atom is 0.333 e. The van der Waals surface area contributed by atoms with Gasteiger partial charge in [-0.1, -0.05) is 32.1 Å². The molecular formula is C55H70N5O15S4+. The lowest BCUT2D eigenvalue weighted by atomic mass is 9.81. The van der Waals surface area contributed by atoms with Crippen LogP contribution in [0.4, 0.5) is 11.4 Å². The van der Waals surface area contributed by atoms with E-state index in [1.54, 1.807) is 60.7 Å². The number of imide groups is 1. The van der Waals surface area contributed by atoms with Crippen LogP contribution in [0.1, 0.15) is 109 Å². The Kier molecular flexibility index (Phi) is 18.2. The molecular weight excluding hydrogens is 1100 g/mol. The molecule has 0 saturated carbocycles. The van der Waals surface area contributed by atoms with Crippen LogP contribution in [-0.2, 0) is 76.8 Å². The van der Waals surface area contributed by atoms with Gasteiger partial charge < -0.3 is 14.5 Å². The fourth-order valence-corrected chi connectivity index (χ4v) is 13.2. The Labute approximate surface area is 464 Å². The number of amides is 2. The highest BCUT2D eigenvalue weighted by Crippen LogP contribution is 2.49. The number of aryl methyl sites for hydroxylation is 1. The predicted octanol–water partition coefficient (Wildman–Crippen LogP) is 7.12. The van der Waals surface area contributed by atoms with Crippen molar-refractivity contribution < 1.29 is 71.3 Å². The number of sulfonamides is 2. The summed E-state index contributed by atoms with van der Waals surface area (Å²) in [5.41, 5.74) is 5.40. The van der Waals surface area contributed by atoms with Gasteiger partial charge in [-0.15, -0.1) is 5.06 Å². The quantitative estimate of drug-likeness (QED) is 0.0414. The summed E-state index contributed by atoms with van der Waals surface area (Å²) in [6.45, 7) is 8.64. The first-order valence-electron chi connectivity index (χ1n) is 26.0. The van der Waals surface area contributed by atoms with Crippen molar-refractivity contribution in [2.75, 3.05) is 57.7 Å². The van der Waals surface area contributed by atoms with Gasteiger partial charge in [0, 0.05) is 88.5 Å². The van der Waals surface area contributed by atoms with Gasteiger partial charge in [0.25, 0.3) is 32.1 Å². The third kappa shape index (κ3) is 13.8. The summed E-state index contributed by atoms with van der Waals surface area (Å²) in [6.07, 6.45) is 10.9. The van der Waals surface area contributed by atoms with Crippen molar-refractivity contribution in [1.82, 2.24) is 13.7 Å². The molecule has 1 aliphatic carbocycles. The number of rotatable bonds is 23. The lowest BCUT2D eigenvalue weighted by Gasteiger charge is -2.27. The molecule has 3 aliphatic heterocycles. The fourth-order valence-electron chi connectivity index (χ4n) is 10.2. The predicted molar refractivity (Wildman–Crippen MR) is 298 cm³/mol. The Morgan fingerprint density at radius 3 is 1.87 bits per heavy atom. The van der Waals surface area contributed by atoms with Gasteiger partial charge in [0.2, 0.25) is 25.7 Å². The lowest BCUT2D eigenvalue weighted by molar-refractivity contribution is -0.438. The molecule has 0 spiro atoms. The number of allylic oxidation sites excluding steroid dienone is 7. The number of benzene rings is 3. The summed E-state index contributed by atoms with van der Waals surface area (Å²) < 4.78 is 131. The lowest BCUT2D eigenvalue weighted by Crippen LogP contribution is -2.32. The zero-order valence-corrected chi connectivity index (χ0v) is 49.0. The van der Waals surface area contributed by atoms with Gasteiger partial charge in [-0.25, -0.2) is 30.2 Å². The van der Waals surface area contributed by atoms with Gasteiger partial charge in [0.15, 0.2) is 5.71 Å². The molecule has 79 heavy (non-hydrogen) atoms. The SMILES string of the molecule is CN(C)S(=O)(=O)c1ccc2c(c1)C(C)(C)C(/C=C/C1=C(Oc3ccc(CCC(=O)ON4C(=O)CCC4=O)cc3)C(=C/C=C3/N(CCCCS(=O)(=O)O)c4ccc(S(=O)(=O)N(C)C)cc4C3(C)C)/CCC1)=[N+]2CCCCS(=O)(=O)O. The molecule has 0 atom stereocenters. The summed E-state index contributed by atoms with van der Waals surface area (Å²) >= 11 is 0. The van der Waals surface area contributed by atoms with Crippen LogP contribution in [0.3, 0.4) is 0 Å². The van der Waals surface area contributed by atoms with Crippen molar-refractivity contribution >= 4 is 75.2 Å². The van der Waals surface area contributed by atoms with Gasteiger partial charge in [-0.05, 0) is 136 Å². The Hall–Kier alpha value is -5.86. The third-order valence-corrected chi connectivity index (χ3v) is 19.9. The van der Waals surface area contributed by atoms with E-state index >= 15 is 0 Å². The number of hydroxylamine groups is 2. The smallest absolute Gasteiger partial charge is 0.333 e. The summed E-state index contributed by atoms with van der Waals surface area (Å²) in [4.78, 5) is 44.0. The maximum absolute atomic E-state index is 13.4. The Morgan fingerprint density at radius 1 is 0.696 bits per heavy atom. The molecule has 2 amide bonds. The van der Waals surface area contributed by atoms with Crippen LogP contribution < -0.4 is 9.64 Å². The Balaban J connectivity index is 1.31. The standard InChI is InChI=1S/C55H69N5O15S4/c1-54(2)44-36-42(78(70,71)56(5)6)23-25-46(44)58(32-9-11-34-76(64,65)66)48(54)27-19-39-14-13-15-40(53(39)74-41-21-16-38(17-22-41)18-31-52(63)75-60-50(61)29-30-51(60)62)20-28-49-55(3,4)45-37-43(79(72,73)57(7)8)24-26-47(45)59(49)33-10-12-35-77(67,68)69/h16-17,19-28,36-37H,9-15,18,29-35H2,1-8H3,(H-,64,65,66,67,68,69)/p+1. The maximum atomic E-state index is 13.4. The molecule has 7 rings (SSSR count). The molecule has 4 aliphatic rings. The number of hydrogen-bond donors (Lipinski definition) is 2. The number of nitrogens with zero attached hydrogens (tertiary/aromatic N) is 5. The molecule has 0 radical (unpaired) electrons. The fraction of sp³-hybridized carbons (Fsp3) is 0.455. The van der Waals surface area contributed by atoms with Crippen molar-refractivity contribution in [3.05, 3.63) is 124 Å². The van der Waals surface area contributed by atoms with E-state index in [1.165, 1.54) is 28.2 Å². The monoisotopic (exact) mass is 1170 g/mol. The van der Waals surface area contributed by atoms with Crippen molar-refractivity contribution in [2.45, 2.75) is 119 Å². The zero-order valence-electron chi connectivity index (χ0n) is 45.8. The van der Waals surface area contributed by atoms with Crippen molar-refractivity contribution in [2.24, 2.45) is 0 Å². The molecule has 3 aromatic rings. The van der Waals surface area contributed by atoms with Crippen LogP contribution in [0.25, 0.3) is 0 Å². The van der Waals surface area contributed by atoms with Crippen LogP contribution in [0.2, 0.25) is 0 Å². The Bertz CT molecular complexity index is 3530. The van der Waals surface area contributed by atoms with Crippen molar-refractivity contribution in [3.63, 3.8) is 0 Å². The van der Waals surface area contributed by atoms with E-state index in [-0.39, 0.29) is 48.3 Å². The molecule has 428 valence electrons. The number of anilines is 1. The second-order valence-corrected chi connectivity index (χ2v) is 28.9. The first kappa shape index (κ1) is 60.8. The van der Waals surface area contributed by atoms with E-state index in [0.717, 1.165) is 59.2 Å². The van der Waals surface area contributed by atoms with Crippen LogP contribution in [-0.4, -0.2) is 137 Å². The normalized spacial score (nSPS) is 18.8. The van der Waals surface area contributed by atoms with Gasteiger partial charge >= 0.3 is 5.97 Å². The van der Waals surface area contributed by atoms with Crippen molar-refractivity contribution in [3.8, 4) is 5.75 Å². The van der Waals surface area contributed by atoms with E-state index in [4.69, 9.17) is 9.57 Å². The summed E-state index contributed by atoms with van der Waals surface area (Å²) in [7, 11) is -10.2. The van der Waals surface area contributed by atoms with E-state index in [2.05, 4.69) is 0 Å². The molecule has 1 fully saturated rings. The minimum Gasteiger partial charge on any atom is -0.457 e. The van der Waals surface area contributed by atoms with Gasteiger partial charge in [-0.2, -0.15) is 21.4 Å². The average Bonchev–Trinajstić information content (AvgIpc) is 3.60. The number of carbonyl (C=O) groups excluding carboxylic acids is 3. The van der Waals surface area contributed by atoms with E-state index in [1.807, 2.05) is 61.5 Å². The molecule has 2 N–H and O–H groups in total. The zero-order chi connectivity index (χ0) is 58.0. The number of unbranched alkanes of at least 4 members (excludes halogenated alkanes) is 2. The third-order valence-electron chi connectivity index (χ3n) is 14.7. The average molecular weight is 1170 g/mol. The summed E-state index contributed by atoms with van der Waals surface area (Å²) in [5.74, 6) is -1.73. The molecule has 0 aromatic heterocycles. The molecule has 1 saturated heterocycles. The molecule has 0 unspecified atom stereocenters. The highest BCUT2D eigenvalue weighted by Gasteiger charge is 2.46. The van der Waals surface area contributed by atoms with Gasteiger partial charge in [0.1, 0.15) is 18.1 Å². The second-order valence-electron chi connectivity index (χ2n) is 21.4. The first-order chi connectivity index (χ1) is 36.8. The molecule has 3 heterocycles. The van der Waals surface area contributed by atoms with Gasteiger partial charge in [0.05, 0.1) is 33.1 Å². The van der Waals surface area contributed by atoms with Crippen LogP contribution in [0, 0.1) is 0 Å². The number of hydrogen-bond acceptors (Lipinski definition) is 14. The van der Waals surface area contributed by atoms with Crippen molar-refractivity contribution in [1.29, 1.82) is 0 Å². The second kappa shape index (κ2) is 23.7. The highest BCUT2D eigenvalue weighted by atomic mass is 32.2. The minimum atomic E-state index is -4.21. The molecule has 0 bridgehead atoms. The van der Waals surface area contributed by atoms with Crippen LogP contribution in [0.5, 0.6) is 5.75 Å². The number of ether oxygens (including phenoxy) is 1. The van der Waals surface area contributed by atoms with Crippen LogP contribution >= 0.6 is 0 Å². The highest BCUT2D eigenvalue weighted by molar-refractivity contribution is 7.89. The molecule has 20 nitrogen and oxygen atoms in total. The van der Waals surface area contributed by atoms with Crippen LogP contribution in [0.15, 0.2) is 117 Å².